The number of hydrogen-bond donors (Lipinski definition) is 2. The minimum absolute atomic E-state index is 0.0424. The fourth-order valence-electron chi connectivity index (χ4n) is 3.75. The molecule has 2 rings (SSSR count). The van der Waals surface area contributed by atoms with E-state index < -0.39 is 12.1 Å². The SMILES string of the molecule is CCCCCCC(Oc1ccc(C(C)(C)CC)cc1C(C)(C)CC)C(=O)Nc1ncc(C(=O)O)s1. The van der Waals surface area contributed by atoms with E-state index in [1.165, 1.54) is 11.8 Å². The molecular formula is C28H42N2O4S. The molecule has 1 heterocycles. The summed E-state index contributed by atoms with van der Waals surface area (Å²) in [5, 5.41) is 12.2. The van der Waals surface area contributed by atoms with Gasteiger partial charge in [0.15, 0.2) is 11.2 Å². The summed E-state index contributed by atoms with van der Waals surface area (Å²) in [7, 11) is 0. The summed E-state index contributed by atoms with van der Waals surface area (Å²) in [6, 6.07) is 6.37. The Labute approximate surface area is 214 Å². The van der Waals surface area contributed by atoms with Crippen molar-refractivity contribution < 1.29 is 19.4 Å². The van der Waals surface area contributed by atoms with Crippen molar-refractivity contribution >= 4 is 28.3 Å². The van der Waals surface area contributed by atoms with Crippen LogP contribution < -0.4 is 10.1 Å². The second-order valence-corrected chi connectivity index (χ2v) is 11.5. The Morgan fingerprint density at radius 2 is 1.74 bits per heavy atom. The van der Waals surface area contributed by atoms with Gasteiger partial charge in [0.05, 0.1) is 6.20 Å². The van der Waals surface area contributed by atoms with Gasteiger partial charge in [-0.15, -0.1) is 0 Å². The van der Waals surface area contributed by atoms with Gasteiger partial charge in [0.2, 0.25) is 0 Å². The molecule has 0 bridgehead atoms. The van der Waals surface area contributed by atoms with Crippen molar-refractivity contribution in [3.8, 4) is 5.75 Å². The zero-order valence-corrected chi connectivity index (χ0v) is 23.2. The number of aromatic nitrogens is 1. The normalized spacial score (nSPS) is 12.9. The van der Waals surface area contributed by atoms with Crippen LogP contribution in [0.5, 0.6) is 5.75 Å². The van der Waals surface area contributed by atoms with Crippen LogP contribution in [0.25, 0.3) is 0 Å². The molecule has 0 fully saturated rings. The highest BCUT2D eigenvalue weighted by atomic mass is 32.1. The topological polar surface area (TPSA) is 88.5 Å². The van der Waals surface area contributed by atoms with E-state index in [0.29, 0.717) is 6.42 Å². The smallest absolute Gasteiger partial charge is 0.347 e. The Morgan fingerprint density at radius 1 is 1.06 bits per heavy atom. The Hall–Kier alpha value is -2.41. The molecule has 7 heteroatoms. The maximum Gasteiger partial charge on any atom is 0.347 e. The van der Waals surface area contributed by atoms with Crippen molar-refractivity contribution in [1.82, 2.24) is 4.98 Å². The van der Waals surface area contributed by atoms with Crippen LogP contribution in [0.15, 0.2) is 24.4 Å². The Balaban J connectivity index is 2.37. The number of thiazole rings is 1. The monoisotopic (exact) mass is 502 g/mol. The number of carbonyl (C=O) groups excluding carboxylic acids is 1. The molecule has 2 N–H and O–H groups in total. The first-order valence-electron chi connectivity index (χ1n) is 12.8. The maximum atomic E-state index is 13.2. The number of rotatable bonds is 14. The van der Waals surface area contributed by atoms with Gasteiger partial charge in [-0.25, -0.2) is 9.78 Å². The van der Waals surface area contributed by atoms with Gasteiger partial charge in [0.25, 0.3) is 5.91 Å². The van der Waals surface area contributed by atoms with E-state index in [-0.39, 0.29) is 26.7 Å². The third-order valence-corrected chi connectivity index (χ3v) is 7.99. The molecule has 1 amide bonds. The number of carboxylic acids is 1. The van der Waals surface area contributed by atoms with Crippen LogP contribution in [0.3, 0.4) is 0 Å². The standard InChI is InChI=1S/C28H42N2O4S/c1-8-11-12-13-14-22(24(31)30-26-29-18-23(35-26)25(32)33)34-21-16-15-19(27(4,5)9-2)17-20(21)28(6,7)10-3/h15-18,22H,8-14H2,1-7H3,(H,32,33)(H,29,30,31). The quantitative estimate of drug-likeness (QED) is 0.260. The minimum atomic E-state index is -1.06. The van der Waals surface area contributed by atoms with E-state index in [1.807, 2.05) is 6.07 Å². The number of hydrogen-bond acceptors (Lipinski definition) is 5. The summed E-state index contributed by atoms with van der Waals surface area (Å²) >= 11 is 0.945. The number of anilines is 1. The van der Waals surface area contributed by atoms with E-state index >= 15 is 0 Å². The Morgan fingerprint density at radius 3 is 2.31 bits per heavy atom. The van der Waals surface area contributed by atoms with Crippen molar-refractivity contribution in [2.75, 3.05) is 5.32 Å². The lowest BCUT2D eigenvalue weighted by atomic mass is 9.76. The molecule has 0 radical (unpaired) electrons. The lowest BCUT2D eigenvalue weighted by molar-refractivity contribution is -0.123. The predicted octanol–water partition coefficient (Wildman–Crippen LogP) is 7.57. The molecule has 0 spiro atoms. The van der Waals surface area contributed by atoms with Crippen molar-refractivity contribution in [1.29, 1.82) is 0 Å². The summed E-state index contributed by atoms with van der Waals surface area (Å²) in [6.07, 6.45) is 7.22. The molecule has 35 heavy (non-hydrogen) atoms. The van der Waals surface area contributed by atoms with Crippen molar-refractivity contribution in [3.63, 3.8) is 0 Å². The van der Waals surface area contributed by atoms with Crippen LogP contribution in [-0.4, -0.2) is 28.1 Å². The summed E-state index contributed by atoms with van der Waals surface area (Å²) in [5.41, 5.74) is 2.29. The van der Waals surface area contributed by atoms with Gasteiger partial charge in [0.1, 0.15) is 10.6 Å². The first-order chi connectivity index (χ1) is 16.4. The number of aromatic carboxylic acids is 1. The summed E-state index contributed by atoms with van der Waals surface area (Å²) in [5.74, 6) is -0.628. The fourth-order valence-corrected chi connectivity index (χ4v) is 4.41. The van der Waals surface area contributed by atoms with Gasteiger partial charge in [-0.1, -0.05) is 91.2 Å². The lowest BCUT2D eigenvalue weighted by Crippen LogP contribution is -2.34. The molecule has 1 aromatic heterocycles. The number of unbranched alkanes of at least 4 members (excludes halogenated alkanes) is 3. The molecule has 0 aliphatic heterocycles. The van der Waals surface area contributed by atoms with Gasteiger partial charge in [-0.3, -0.25) is 10.1 Å². The van der Waals surface area contributed by atoms with E-state index in [4.69, 9.17) is 9.84 Å². The van der Waals surface area contributed by atoms with Gasteiger partial charge in [0, 0.05) is 5.56 Å². The minimum Gasteiger partial charge on any atom is -0.480 e. The average Bonchev–Trinajstić information content (AvgIpc) is 3.29. The predicted molar refractivity (Wildman–Crippen MR) is 144 cm³/mol. The average molecular weight is 503 g/mol. The number of nitrogens with zero attached hydrogens (tertiary/aromatic N) is 1. The highest BCUT2D eigenvalue weighted by molar-refractivity contribution is 7.17. The highest BCUT2D eigenvalue weighted by Gasteiger charge is 2.29. The van der Waals surface area contributed by atoms with Gasteiger partial charge in [-0.05, 0) is 48.1 Å². The van der Waals surface area contributed by atoms with E-state index in [9.17, 15) is 9.59 Å². The fraction of sp³-hybridized carbons (Fsp3) is 0.607. The summed E-state index contributed by atoms with van der Waals surface area (Å²) in [6.45, 7) is 15.4. The third-order valence-electron chi connectivity index (χ3n) is 7.09. The molecule has 194 valence electrons. The van der Waals surface area contributed by atoms with Crippen molar-refractivity contribution in [2.24, 2.45) is 0 Å². The molecule has 1 atom stereocenters. The van der Waals surface area contributed by atoms with Crippen LogP contribution in [0.4, 0.5) is 5.13 Å². The maximum absolute atomic E-state index is 13.2. The number of nitrogens with one attached hydrogen (secondary N) is 1. The summed E-state index contributed by atoms with van der Waals surface area (Å²) < 4.78 is 6.45. The molecular weight excluding hydrogens is 460 g/mol. The molecule has 0 saturated carbocycles. The molecule has 0 aliphatic carbocycles. The third kappa shape index (κ3) is 7.79. The zero-order chi connectivity index (χ0) is 26.2. The van der Waals surface area contributed by atoms with Gasteiger partial charge >= 0.3 is 5.97 Å². The lowest BCUT2D eigenvalue weighted by Gasteiger charge is -2.31. The second kappa shape index (κ2) is 12.5. The molecule has 2 aromatic rings. The van der Waals surface area contributed by atoms with E-state index in [1.54, 1.807) is 0 Å². The second-order valence-electron chi connectivity index (χ2n) is 10.5. The molecule has 1 aromatic carbocycles. The molecule has 0 saturated heterocycles. The van der Waals surface area contributed by atoms with Crippen LogP contribution in [0.1, 0.15) is 114 Å². The number of carboxylic acid groups (broad SMARTS) is 1. The van der Waals surface area contributed by atoms with E-state index in [0.717, 1.165) is 61.2 Å². The van der Waals surface area contributed by atoms with Crippen LogP contribution in [-0.2, 0) is 15.6 Å². The van der Waals surface area contributed by atoms with Crippen molar-refractivity contribution in [3.05, 3.63) is 40.4 Å². The van der Waals surface area contributed by atoms with Crippen LogP contribution in [0, 0.1) is 0 Å². The van der Waals surface area contributed by atoms with Gasteiger partial charge < -0.3 is 9.84 Å². The number of amides is 1. The van der Waals surface area contributed by atoms with Gasteiger partial charge in [-0.2, -0.15) is 0 Å². The number of ether oxygens (including phenoxy) is 1. The van der Waals surface area contributed by atoms with E-state index in [2.05, 4.69) is 70.9 Å². The Kier molecular flexibility index (Phi) is 10.3. The number of carbonyl (C=O) groups is 2. The van der Waals surface area contributed by atoms with Crippen LogP contribution in [0.2, 0.25) is 0 Å². The highest BCUT2D eigenvalue weighted by Crippen LogP contribution is 2.39. The Bertz CT molecular complexity index is 997. The van der Waals surface area contributed by atoms with Crippen LogP contribution >= 0.6 is 11.3 Å². The van der Waals surface area contributed by atoms with Crippen molar-refractivity contribution in [2.45, 2.75) is 110 Å². The number of benzene rings is 1. The largest absolute Gasteiger partial charge is 0.480 e. The molecule has 1 unspecified atom stereocenters. The molecule has 6 nitrogen and oxygen atoms in total. The summed E-state index contributed by atoms with van der Waals surface area (Å²) in [4.78, 5) is 28.6. The first-order valence-corrected chi connectivity index (χ1v) is 13.6. The molecule has 0 aliphatic rings. The first kappa shape index (κ1) is 28.8. The zero-order valence-electron chi connectivity index (χ0n) is 22.4.